The monoisotopic (exact) mass is 1510 g/mol. The van der Waals surface area contributed by atoms with E-state index in [1.807, 2.05) is 51.4 Å². The zero-order valence-electron chi connectivity index (χ0n) is 65.0. The van der Waals surface area contributed by atoms with Crippen LogP contribution in [0.3, 0.4) is 0 Å². The highest BCUT2D eigenvalue weighted by atomic mass is 16.5. The number of ketones is 8. The van der Waals surface area contributed by atoms with Crippen molar-refractivity contribution in [1.29, 1.82) is 0 Å². The van der Waals surface area contributed by atoms with Crippen molar-refractivity contribution >= 4 is 88.4 Å². The van der Waals surface area contributed by atoms with E-state index in [-0.39, 0.29) is 140 Å². The lowest BCUT2D eigenvalue weighted by Gasteiger charge is -2.22. The second-order valence-electron chi connectivity index (χ2n) is 29.1. The summed E-state index contributed by atoms with van der Waals surface area (Å²) < 4.78 is 19.5. The molecule has 27 nitrogen and oxygen atoms in total. The number of nitrogens with one attached hydrogen (secondary N) is 1. The molecule has 10 heterocycles. The number of nitrogens with zero attached hydrogens (tertiary/aromatic N) is 13. The van der Waals surface area contributed by atoms with E-state index < -0.39 is 7.05 Å². The number of amides is 2. The lowest BCUT2D eigenvalue weighted by molar-refractivity contribution is -0.118. The Bertz CT molecular complexity index is 5290. The summed E-state index contributed by atoms with van der Waals surface area (Å²) in [5, 5.41) is 22.6. The Hall–Kier alpha value is -11.9. The number of rotatable bonds is 35. The van der Waals surface area contributed by atoms with Gasteiger partial charge in [-0.3, -0.25) is 57.8 Å². The topological polar surface area (TPSA) is 316 Å². The van der Waals surface area contributed by atoms with Gasteiger partial charge in [-0.25, -0.2) is 9.97 Å². The van der Waals surface area contributed by atoms with Crippen molar-refractivity contribution in [3.63, 3.8) is 0 Å². The highest BCUT2D eigenvalue weighted by Crippen LogP contribution is 2.39. The first kappa shape index (κ1) is 80.1. The number of aliphatic imine (C=N–C) groups is 1. The second-order valence-corrected chi connectivity index (χ2v) is 29.1. The smallest absolute Gasteiger partial charge is 0.406 e. The Labute approximate surface area is 644 Å². The van der Waals surface area contributed by atoms with Gasteiger partial charge in [0.25, 0.3) is 11.8 Å². The Balaban J connectivity index is 0.000000244. The number of benzene rings is 2. The van der Waals surface area contributed by atoms with Crippen molar-refractivity contribution in [2.75, 3.05) is 30.3 Å². The van der Waals surface area contributed by atoms with Gasteiger partial charge in [-0.05, 0) is 108 Å². The third-order valence-electron chi connectivity index (χ3n) is 19.9. The minimum Gasteiger partial charge on any atom is -0.493 e. The van der Waals surface area contributed by atoms with Crippen LogP contribution in [0.4, 0.5) is 17.1 Å². The molecule has 0 saturated carbocycles. The molecule has 10 aromatic rings. The average Bonchev–Trinajstić information content (AvgIpc) is 1.62. The van der Waals surface area contributed by atoms with Crippen molar-refractivity contribution < 1.29 is 62.8 Å². The van der Waals surface area contributed by atoms with Crippen LogP contribution >= 0.6 is 0 Å². The van der Waals surface area contributed by atoms with E-state index in [0.717, 1.165) is 41.6 Å². The van der Waals surface area contributed by atoms with Gasteiger partial charge < -0.3 is 61.5 Å². The maximum atomic E-state index is 13.7. The molecule has 8 aromatic heterocycles. The van der Waals surface area contributed by atoms with Crippen LogP contribution in [-0.2, 0) is 119 Å². The van der Waals surface area contributed by atoms with E-state index in [1.165, 1.54) is 0 Å². The largest absolute Gasteiger partial charge is 0.493 e. The zero-order valence-corrected chi connectivity index (χ0v) is 65.0. The fourth-order valence-electron chi connectivity index (χ4n) is 14.6. The van der Waals surface area contributed by atoms with Crippen LogP contribution in [-0.4, -0.2) is 159 Å². The number of para-hydroxylation sites is 1. The van der Waals surface area contributed by atoms with Gasteiger partial charge in [-0.15, -0.1) is 0 Å². The second kappa shape index (κ2) is 34.8. The van der Waals surface area contributed by atoms with Crippen molar-refractivity contribution in [1.82, 2.24) is 51.4 Å². The average molecular weight is 1510 g/mol. The van der Waals surface area contributed by atoms with E-state index in [0.29, 0.717) is 116 Å². The van der Waals surface area contributed by atoms with Gasteiger partial charge in [0, 0.05) is 200 Å². The van der Waals surface area contributed by atoms with Crippen molar-refractivity contribution in [2.45, 2.75) is 123 Å². The van der Waals surface area contributed by atoms with Gasteiger partial charge in [-0.1, -0.05) is 38.5 Å². The number of aromatic nitrogens is 10. The van der Waals surface area contributed by atoms with Gasteiger partial charge in [0.1, 0.15) is 17.2 Å². The molecule has 578 valence electrons. The summed E-state index contributed by atoms with van der Waals surface area (Å²) in [6, 6.07) is 21.2. The molecule has 2 amide bonds. The number of anilines is 2. The number of ether oxygens (including phenoxy) is 1. The molecule has 1 atom stereocenters. The minimum atomic E-state index is -0.752. The number of imidazole rings is 2. The van der Waals surface area contributed by atoms with Crippen LogP contribution in [0.25, 0.3) is 0 Å². The van der Waals surface area contributed by atoms with Crippen LogP contribution in [0.5, 0.6) is 5.75 Å². The number of carbonyl (C=O) groups excluding carboxylic acids is 10. The number of aliphatic hydroxyl groups is 1. The molecule has 1 unspecified atom stereocenters. The fraction of sp³-hybridized carbons (Fsp3) is 0.361. The number of carbonyl (C=O) groups is 10. The lowest BCUT2D eigenvalue weighted by Crippen LogP contribution is -2.37. The summed E-state index contributed by atoms with van der Waals surface area (Å²) in [6.45, 7) is 6.14. The van der Waals surface area contributed by atoms with E-state index >= 15 is 0 Å². The highest BCUT2D eigenvalue weighted by molar-refractivity contribution is 6.52. The standard InChI is InChI=1S/C52H56N8O8.C31H39BN6O5/c1-7-14-55(2)52(67)45-19-34(29-58(45)5)20-46(63)43-18-33(28-57(43)4)21-48(65)50-54-37(30-59(50)6)24-47(64)44-17-32(27-56(44)3)16-39(62)12-10-15-68-49-25-41-40(23-36(49)31-61)51(66)60-38(26-53-41)22-35-11-8-9-13-42(35)60;1-7-8-9-27(39)24-10-20(16-35(24)3)12-28(40)25-11-21(17-36(25)4)13-30(42)31-33-22(18-38(31)6)15-29(41)26-14-23(19-37(26)5)34-32(2)43/h8-9,11,13,17-19,23,25-30,38,61H,7,10,12,14-16,20-22,24,31H2,1-6H3;10-11,14,16-19,34,43H,7-9,12-13,15H2,1-6H3. The van der Waals surface area contributed by atoms with Crippen molar-refractivity contribution in [3.05, 3.63) is 224 Å². The first-order chi connectivity index (χ1) is 53.0. The molecule has 0 saturated heterocycles. The third kappa shape index (κ3) is 18.7. The highest BCUT2D eigenvalue weighted by Gasteiger charge is 2.37. The van der Waals surface area contributed by atoms with Crippen LogP contribution in [0, 0.1) is 0 Å². The number of aliphatic hydroxyl groups excluding tert-OH is 1. The normalized spacial score (nSPS) is 12.8. The number of hydrogen-bond acceptors (Lipinski definition) is 17. The van der Waals surface area contributed by atoms with Gasteiger partial charge >= 0.3 is 7.05 Å². The number of hydrogen-bond donors (Lipinski definition) is 3. The van der Waals surface area contributed by atoms with Gasteiger partial charge in [0.05, 0.1) is 83.2 Å². The molecule has 0 fully saturated rings. The number of aryl methyl sites for hydroxylation is 8. The summed E-state index contributed by atoms with van der Waals surface area (Å²) >= 11 is 0. The van der Waals surface area contributed by atoms with Crippen molar-refractivity contribution in [2.24, 2.45) is 61.4 Å². The minimum absolute atomic E-state index is 0.00113. The molecule has 0 spiro atoms. The Morgan fingerprint density at radius 2 is 1.01 bits per heavy atom. The predicted octanol–water partition coefficient (Wildman–Crippen LogP) is 9.55. The van der Waals surface area contributed by atoms with E-state index in [9.17, 15) is 58.1 Å². The number of Topliss-reactive ketones (excluding diaryl/α,β-unsaturated/α-hetero) is 8. The third-order valence-corrected chi connectivity index (χ3v) is 19.9. The number of fused-ring (bicyclic) bond motifs is 4. The summed E-state index contributed by atoms with van der Waals surface area (Å²) in [5.41, 5.74) is 11.2. The van der Waals surface area contributed by atoms with E-state index in [2.05, 4.69) is 20.2 Å². The molecule has 0 aliphatic carbocycles. The summed E-state index contributed by atoms with van der Waals surface area (Å²) in [6.07, 6.45) is 20.5. The predicted molar refractivity (Wildman–Crippen MR) is 420 cm³/mol. The molecule has 28 heteroatoms. The molecule has 2 aromatic carbocycles. The summed E-state index contributed by atoms with van der Waals surface area (Å²) in [5.74, 6) is -0.569. The first-order valence-corrected chi connectivity index (χ1v) is 37.3. The van der Waals surface area contributed by atoms with Gasteiger partial charge in [-0.2, -0.15) is 0 Å². The van der Waals surface area contributed by atoms with Crippen LogP contribution in [0.15, 0.2) is 127 Å². The quantitative estimate of drug-likeness (QED) is 0.0189. The molecular formula is C83H95BN14O13. The Morgan fingerprint density at radius 3 is 1.52 bits per heavy atom. The first-order valence-electron chi connectivity index (χ1n) is 37.3. The molecule has 111 heavy (non-hydrogen) atoms. The van der Waals surface area contributed by atoms with Gasteiger partial charge in [0.2, 0.25) is 11.6 Å². The van der Waals surface area contributed by atoms with E-state index in [4.69, 9.17) is 4.74 Å². The lowest BCUT2D eigenvalue weighted by atomic mass is 9.89. The molecule has 2 aliphatic heterocycles. The molecule has 0 bridgehead atoms. The fourth-order valence-corrected chi connectivity index (χ4v) is 14.6. The van der Waals surface area contributed by atoms with Crippen LogP contribution in [0.2, 0.25) is 6.82 Å². The van der Waals surface area contributed by atoms with Crippen molar-refractivity contribution in [3.8, 4) is 5.75 Å². The van der Waals surface area contributed by atoms with Gasteiger partial charge in [0.15, 0.2) is 40.6 Å². The summed E-state index contributed by atoms with van der Waals surface area (Å²) in [4.78, 5) is 149. The molecular weight excluding hydrogens is 1410 g/mol. The van der Waals surface area contributed by atoms with Crippen LogP contribution in [0.1, 0.15) is 197 Å². The Kier molecular flexibility index (Phi) is 25.1. The SMILES string of the molecule is CCCCC(=O)c1cc(CC(=O)c2cc(CC(=O)c3nc(CC(=O)c4cc(NB(C)O)cn4C)cn3C)cn2C)cn1C.CCCN(C)C(=O)c1cc(CC(=O)c2cc(CC(=O)c3nc(CC(=O)c4cc(CC(=O)CCCOc5cc6c(cc5CO)C(=O)N5c7ccccc7CC5C=N6)cn4C)cn3C)cn2C)cn1C. The van der Waals surface area contributed by atoms with E-state index in [1.54, 1.807) is 208 Å². The molecule has 0 radical (unpaired) electrons. The van der Waals surface area contributed by atoms with Crippen LogP contribution < -0.4 is 14.9 Å². The Morgan fingerprint density at radius 1 is 0.541 bits per heavy atom. The summed E-state index contributed by atoms with van der Waals surface area (Å²) in [7, 11) is 15.0. The molecule has 12 rings (SSSR count). The zero-order chi connectivity index (χ0) is 79.8. The molecule has 3 N–H and O–H groups in total. The maximum Gasteiger partial charge on any atom is 0.406 e. The number of unbranched alkanes of at least 4 members (excludes halogenated alkanes) is 1. The molecule has 2 aliphatic rings. The maximum absolute atomic E-state index is 13.7.